The number of hydrogen-bond donors (Lipinski definition) is 4. The quantitative estimate of drug-likeness (QED) is 0.0534. The number of aromatic amines is 1. The molecule has 3 aliphatic heterocycles. The Bertz CT molecular complexity index is 2430. The largest absolute Gasteiger partial charge is 0.477 e. The van der Waals surface area contributed by atoms with E-state index >= 15 is 0 Å². The average Bonchev–Trinajstić information content (AvgIpc) is 3.91. The Hall–Kier alpha value is -6.00. The lowest BCUT2D eigenvalue weighted by Crippen LogP contribution is -2.71. The van der Waals surface area contributed by atoms with Gasteiger partial charge >= 0.3 is 5.97 Å². The van der Waals surface area contributed by atoms with Crippen LogP contribution in [0.2, 0.25) is 0 Å². The fourth-order valence-corrected chi connectivity index (χ4v) is 9.81. The molecule has 318 valence electrons. The number of carbonyl (C=O) groups excluding carboxylic acids is 5. The number of aliphatic carboxylic acids is 1. The summed E-state index contributed by atoms with van der Waals surface area (Å²) < 4.78 is 7.10. The zero-order chi connectivity index (χ0) is 43.4. The number of tetrazole rings is 1. The molecule has 0 aliphatic carbocycles. The van der Waals surface area contributed by atoms with Crippen molar-refractivity contribution < 1.29 is 38.6 Å². The van der Waals surface area contributed by atoms with Gasteiger partial charge in [-0.2, -0.15) is 0 Å². The molecule has 2 saturated heterocycles. The number of aromatic nitrogens is 5. The molecule has 0 spiro atoms. The maximum Gasteiger partial charge on any atom is 0.352 e. The Labute approximate surface area is 357 Å². The highest BCUT2D eigenvalue weighted by Gasteiger charge is 2.57. The molecule has 3 aliphatic rings. The first-order valence-corrected chi connectivity index (χ1v) is 21.2. The third-order valence-corrected chi connectivity index (χ3v) is 12.9. The highest BCUT2D eigenvalue weighted by Crippen LogP contribution is 2.44. The average molecular weight is 871 g/mol. The fraction of sp³-hybridized carbons (Fsp3) is 0.350. The van der Waals surface area contributed by atoms with E-state index in [0.29, 0.717) is 46.2 Å². The summed E-state index contributed by atoms with van der Waals surface area (Å²) in [7, 11) is 1.66. The molecule has 61 heavy (non-hydrogen) atoms. The number of nitrogens with two attached hydrogens (primary N) is 1. The number of thioether (sulfide) groups is 2. The molecule has 4 amide bonds. The van der Waals surface area contributed by atoms with Crippen molar-refractivity contribution in [3.05, 3.63) is 99.5 Å². The maximum absolute atomic E-state index is 14.3. The third-order valence-electron chi connectivity index (χ3n) is 10.5. The van der Waals surface area contributed by atoms with Gasteiger partial charge in [0, 0.05) is 49.7 Å². The lowest BCUT2D eigenvalue weighted by molar-refractivity contribution is -0.161. The minimum atomic E-state index is -1.29. The zero-order valence-electron chi connectivity index (χ0n) is 33.0. The van der Waals surface area contributed by atoms with Crippen molar-refractivity contribution in [3.8, 4) is 11.3 Å². The van der Waals surface area contributed by atoms with Gasteiger partial charge in [0.1, 0.15) is 29.4 Å². The Balaban J connectivity index is 1.10. The highest BCUT2D eigenvalue weighted by molar-refractivity contribution is 8.01. The van der Waals surface area contributed by atoms with Gasteiger partial charge < -0.3 is 35.6 Å². The standard InChI is InChI=1S/C40H42N10O9S2/c1-22(52)49(35(54)30-17-28(18-42-30)59-16-6-15-51)27-12-9-23(10-13-27)29-14-11-25(34(53)43-29)19-48(36(55)31(41)24-7-4-3-5-8-24)33-37(56)50-32(39(57)58)26(20-60-38(33)50)21-61-40-44-45-46-47(40)2/h3-5,7-15,28,30-31,33,38,42H,6,16-21,41H2,1-2H3,(H,43,53)(H,57,58)/t28?,30-,31?,33?,38-/m0/s1. The van der Waals surface area contributed by atoms with E-state index in [2.05, 4.69) is 25.8 Å². The van der Waals surface area contributed by atoms with Gasteiger partial charge in [0.05, 0.1) is 31.0 Å². The van der Waals surface area contributed by atoms with Crippen LogP contribution >= 0.6 is 23.5 Å². The molecule has 5 N–H and O–H groups in total. The molecule has 2 aromatic carbocycles. The van der Waals surface area contributed by atoms with Crippen LogP contribution < -0.4 is 21.5 Å². The van der Waals surface area contributed by atoms with Crippen molar-refractivity contribution >= 4 is 65.1 Å². The van der Waals surface area contributed by atoms with E-state index < -0.39 is 58.7 Å². The lowest BCUT2D eigenvalue weighted by atomic mass is 9.98. The van der Waals surface area contributed by atoms with E-state index in [1.165, 1.54) is 51.0 Å². The molecule has 2 fully saturated rings. The van der Waals surface area contributed by atoms with Gasteiger partial charge in [-0.15, -0.1) is 16.9 Å². The number of aryl methyl sites for hydroxylation is 1. The van der Waals surface area contributed by atoms with E-state index in [1.54, 1.807) is 67.7 Å². The molecule has 4 aromatic rings. The van der Waals surface area contributed by atoms with Crippen LogP contribution in [0, 0.1) is 0 Å². The number of fused-ring (bicyclic) bond motifs is 1. The summed E-state index contributed by atoms with van der Waals surface area (Å²) in [6, 6.07) is 15.3. The van der Waals surface area contributed by atoms with Gasteiger partial charge in [0.2, 0.25) is 17.0 Å². The molecule has 3 unspecified atom stereocenters. The van der Waals surface area contributed by atoms with E-state index in [9.17, 15) is 38.7 Å². The number of benzene rings is 2. The summed E-state index contributed by atoms with van der Waals surface area (Å²) in [6.07, 6.45) is 1.07. The number of amides is 4. The molecule has 21 heteroatoms. The second-order valence-corrected chi connectivity index (χ2v) is 16.5. The molecule has 7 rings (SSSR count). The first-order valence-electron chi connectivity index (χ1n) is 19.2. The van der Waals surface area contributed by atoms with Crippen LogP contribution in [-0.2, 0) is 47.1 Å². The predicted molar refractivity (Wildman–Crippen MR) is 222 cm³/mol. The minimum absolute atomic E-state index is 0.148. The van der Waals surface area contributed by atoms with Gasteiger partial charge in [-0.1, -0.05) is 54.2 Å². The van der Waals surface area contributed by atoms with Crippen LogP contribution in [0.1, 0.15) is 36.9 Å². The van der Waals surface area contributed by atoms with Crippen molar-refractivity contribution in [1.29, 1.82) is 0 Å². The van der Waals surface area contributed by atoms with Crippen molar-refractivity contribution in [2.24, 2.45) is 12.8 Å². The number of carboxylic acids is 1. The van der Waals surface area contributed by atoms with E-state index in [-0.39, 0.29) is 48.4 Å². The Morgan fingerprint density at radius 2 is 1.85 bits per heavy atom. The van der Waals surface area contributed by atoms with Crippen LogP contribution in [0.5, 0.6) is 0 Å². The number of ether oxygens (including phenoxy) is 1. The van der Waals surface area contributed by atoms with Crippen molar-refractivity contribution in [2.75, 3.05) is 29.6 Å². The Kier molecular flexibility index (Phi) is 13.2. The minimum Gasteiger partial charge on any atom is -0.477 e. The number of imide groups is 1. The van der Waals surface area contributed by atoms with Crippen molar-refractivity contribution in [2.45, 2.75) is 61.1 Å². The summed E-state index contributed by atoms with van der Waals surface area (Å²) in [5, 5.41) is 24.4. The van der Waals surface area contributed by atoms with E-state index in [4.69, 9.17) is 10.5 Å². The SMILES string of the molecule is CC(=O)N(C(=O)[C@@H]1CC(OCCC=O)CN1)c1ccc(-c2ccc(CN(C(=O)C(N)c3ccccc3)C3C(=O)N4C(C(=O)O)=C(CSc5nnnn5C)CS[C@@H]34)c(=O)[nH]2)cc1. The summed E-state index contributed by atoms with van der Waals surface area (Å²) >= 11 is 2.54. The second-order valence-electron chi connectivity index (χ2n) is 14.5. The summed E-state index contributed by atoms with van der Waals surface area (Å²) in [6.45, 7) is 1.62. The van der Waals surface area contributed by atoms with Crippen LogP contribution in [0.4, 0.5) is 5.69 Å². The van der Waals surface area contributed by atoms with Crippen LogP contribution in [0.25, 0.3) is 11.3 Å². The van der Waals surface area contributed by atoms with Crippen LogP contribution in [0.3, 0.4) is 0 Å². The molecule has 0 radical (unpaired) electrons. The second kappa shape index (κ2) is 18.7. The fourth-order valence-electron chi connectivity index (χ4n) is 7.41. The molecule has 5 atom stereocenters. The molecule has 0 bridgehead atoms. The number of aldehydes is 1. The lowest BCUT2D eigenvalue weighted by Gasteiger charge is -2.53. The van der Waals surface area contributed by atoms with Gasteiger partial charge in [-0.3, -0.25) is 28.9 Å². The predicted octanol–water partition coefficient (Wildman–Crippen LogP) is 1.22. The van der Waals surface area contributed by atoms with E-state index in [1.807, 2.05) is 0 Å². The van der Waals surface area contributed by atoms with Gasteiger partial charge in [0.25, 0.3) is 17.4 Å². The number of rotatable bonds is 16. The molecule has 0 saturated carbocycles. The van der Waals surface area contributed by atoms with Gasteiger partial charge in [0.15, 0.2) is 0 Å². The third kappa shape index (κ3) is 9.05. The molecular formula is C40H42N10O9S2. The number of hydrogen-bond acceptors (Lipinski definition) is 15. The van der Waals surface area contributed by atoms with Gasteiger partial charge in [-0.05, 0) is 57.8 Å². The smallest absolute Gasteiger partial charge is 0.352 e. The maximum atomic E-state index is 14.3. The number of carbonyl (C=O) groups is 6. The van der Waals surface area contributed by atoms with Crippen molar-refractivity contribution in [1.82, 2.24) is 40.3 Å². The number of nitrogens with zero attached hydrogens (tertiary/aromatic N) is 7. The van der Waals surface area contributed by atoms with Crippen LogP contribution in [-0.4, -0.2) is 124 Å². The zero-order valence-corrected chi connectivity index (χ0v) is 34.6. The van der Waals surface area contributed by atoms with Crippen LogP contribution in [0.15, 0.2) is 88.0 Å². The topological polar surface area (TPSA) is 256 Å². The molecule has 2 aromatic heterocycles. The summed E-state index contributed by atoms with van der Waals surface area (Å²) in [5.41, 5.74) is 8.19. The highest BCUT2D eigenvalue weighted by atomic mass is 32.2. The number of β-lactam (4-membered cyclic amide) rings is 1. The number of H-pyrrole nitrogens is 1. The molecule has 19 nitrogen and oxygen atoms in total. The number of nitrogens with one attached hydrogen (secondary N) is 2. The molecule has 5 heterocycles. The first-order chi connectivity index (χ1) is 29.4. The van der Waals surface area contributed by atoms with Gasteiger partial charge in [-0.25, -0.2) is 14.4 Å². The number of pyridine rings is 1. The Morgan fingerprint density at radius 3 is 2.51 bits per heavy atom. The Morgan fingerprint density at radius 1 is 1.10 bits per heavy atom. The number of anilines is 1. The van der Waals surface area contributed by atoms with Crippen molar-refractivity contribution in [3.63, 3.8) is 0 Å². The molecular weight excluding hydrogens is 829 g/mol. The van der Waals surface area contributed by atoms with E-state index in [0.717, 1.165) is 11.2 Å². The summed E-state index contributed by atoms with van der Waals surface area (Å²) in [4.78, 5) is 97.8. The monoisotopic (exact) mass is 870 g/mol. The first kappa shape index (κ1) is 43.1. The number of carboxylic acid groups (broad SMARTS) is 1. The normalized spacial score (nSPS) is 20.1. The summed E-state index contributed by atoms with van der Waals surface area (Å²) in [5.74, 6) is -3.01.